The van der Waals surface area contributed by atoms with E-state index in [1.807, 2.05) is 52.9 Å². The number of piperidine rings is 1. The zero-order valence-electron chi connectivity index (χ0n) is 32.2. The van der Waals surface area contributed by atoms with Crippen LogP contribution >= 0.6 is 0 Å². The van der Waals surface area contributed by atoms with Gasteiger partial charge in [-0.25, -0.2) is 9.59 Å². The first-order chi connectivity index (χ1) is 27.2. The zero-order chi connectivity index (χ0) is 38.5. The fraction of sp³-hybridized carbons (Fsp3) is 0.340. The highest BCUT2D eigenvalue weighted by atomic mass is 16.6. The first kappa shape index (κ1) is 36.0. The van der Waals surface area contributed by atoms with Gasteiger partial charge >= 0.3 is 12.1 Å². The van der Waals surface area contributed by atoms with Gasteiger partial charge in [-0.15, -0.1) is 0 Å². The molecule has 1 aromatic heterocycles. The summed E-state index contributed by atoms with van der Waals surface area (Å²) in [5, 5.41) is 10.1. The normalized spacial score (nSPS) is 17.9. The van der Waals surface area contributed by atoms with Crippen LogP contribution in [-0.2, 0) is 37.7 Å². The lowest BCUT2D eigenvalue weighted by molar-refractivity contribution is 0.0566. The number of aromatic carboxylic acids is 1. The van der Waals surface area contributed by atoms with E-state index in [0.29, 0.717) is 43.0 Å². The average Bonchev–Trinajstić information content (AvgIpc) is 3.71. The molecule has 1 aliphatic carbocycles. The highest BCUT2D eigenvalue weighted by molar-refractivity contribution is 6.02. The fourth-order valence-electron chi connectivity index (χ4n) is 9.60. The molecule has 0 bridgehead atoms. The predicted molar refractivity (Wildman–Crippen MR) is 216 cm³/mol. The van der Waals surface area contributed by atoms with Crippen LogP contribution < -0.4 is 0 Å². The Morgan fingerprint density at radius 2 is 1.41 bits per heavy atom. The topological polar surface area (TPSA) is 95.3 Å². The number of likely N-dealkylation sites (tertiary alicyclic amines) is 1. The van der Waals surface area contributed by atoms with Gasteiger partial charge in [0.15, 0.2) is 0 Å². The van der Waals surface area contributed by atoms with Gasteiger partial charge in [-0.2, -0.15) is 0 Å². The molecule has 0 spiro atoms. The van der Waals surface area contributed by atoms with Crippen LogP contribution in [0.3, 0.4) is 0 Å². The number of benzene rings is 4. The molecule has 56 heavy (non-hydrogen) atoms. The first-order valence-corrected chi connectivity index (χ1v) is 20.0. The van der Waals surface area contributed by atoms with Crippen LogP contribution in [0.25, 0.3) is 22.4 Å². The number of fused-ring (bicyclic) bond motifs is 5. The molecule has 5 aromatic rings. The quantitative estimate of drug-likeness (QED) is 0.181. The molecule has 9 nitrogen and oxygen atoms in total. The van der Waals surface area contributed by atoms with Crippen molar-refractivity contribution in [1.82, 2.24) is 19.3 Å². The van der Waals surface area contributed by atoms with Gasteiger partial charge in [-0.3, -0.25) is 4.79 Å². The van der Waals surface area contributed by atoms with Crippen molar-refractivity contribution < 1.29 is 24.2 Å². The summed E-state index contributed by atoms with van der Waals surface area (Å²) in [5.74, 6) is -1.11. The van der Waals surface area contributed by atoms with Crippen molar-refractivity contribution in [3.05, 3.63) is 141 Å². The van der Waals surface area contributed by atoms with E-state index in [-0.39, 0.29) is 36.1 Å². The maximum absolute atomic E-state index is 15.2. The summed E-state index contributed by atoms with van der Waals surface area (Å²) in [5.41, 5.74) is 11.9. The smallest absolute Gasteiger partial charge is 0.410 e. The Labute approximate surface area is 328 Å². The fourth-order valence-corrected chi connectivity index (χ4v) is 9.60. The second-order valence-corrected chi connectivity index (χ2v) is 16.0. The standard InChI is InChI=1S/C47H48N4O5/c1-30-40(46(53)54)25-44(48(30)2)41-23-32-18-21-50(47(55)56-29-43-38-16-8-6-14-36(38)37-15-7-9-17-39(37)43)26-34(32)24-42(41)45(52)51-27-33-13-5-4-12-31(33)22-35(51)28-49-19-10-3-11-20-49/h4-9,12-17,23-25,35,43H,3,10-11,18-22,26-29H2,1-2H3,(H,53,54)/t35-/m0/s1. The number of amides is 2. The monoisotopic (exact) mass is 748 g/mol. The second-order valence-electron chi connectivity index (χ2n) is 16.0. The van der Waals surface area contributed by atoms with Crippen LogP contribution in [0.1, 0.15) is 85.0 Å². The highest BCUT2D eigenvalue weighted by Gasteiger charge is 2.36. The minimum atomic E-state index is -0.997. The molecule has 1 atom stereocenters. The van der Waals surface area contributed by atoms with Gasteiger partial charge in [0.1, 0.15) is 6.61 Å². The lowest BCUT2D eigenvalue weighted by atomic mass is 9.89. The van der Waals surface area contributed by atoms with E-state index in [1.165, 1.54) is 47.1 Å². The van der Waals surface area contributed by atoms with Crippen molar-refractivity contribution >= 4 is 18.0 Å². The summed E-state index contributed by atoms with van der Waals surface area (Å²) in [4.78, 5) is 47.6. The minimum absolute atomic E-state index is 0.0126. The number of aromatic nitrogens is 1. The zero-order valence-corrected chi connectivity index (χ0v) is 32.2. The lowest BCUT2D eigenvalue weighted by Gasteiger charge is -2.41. The molecule has 1 saturated heterocycles. The Kier molecular flexibility index (Phi) is 9.49. The van der Waals surface area contributed by atoms with E-state index in [2.05, 4.69) is 53.4 Å². The molecule has 0 unspecified atom stereocenters. The molecule has 4 aliphatic rings. The van der Waals surface area contributed by atoms with Crippen molar-refractivity contribution in [2.45, 2.75) is 64.1 Å². The van der Waals surface area contributed by atoms with Crippen LogP contribution in [0, 0.1) is 6.92 Å². The summed E-state index contributed by atoms with van der Waals surface area (Å²) in [6.45, 7) is 6.22. The largest absolute Gasteiger partial charge is 0.478 e. The van der Waals surface area contributed by atoms with E-state index in [4.69, 9.17) is 4.74 Å². The van der Waals surface area contributed by atoms with Crippen LogP contribution in [0.15, 0.2) is 91.0 Å². The molecular formula is C47H48N4O5. The minimum Gasteiger partial charge on any atom is -0.478 e. The van der Waals surface area contributed by atoms with E-state index in [0.717, 1.165) is 48.3 Å². The molecule has 4 aromatic carbocycles. The van der Waals surface area contributed by atoms with Gasteiger partial charge < -0.3 is 29.1 Å². The van der Waals surface area contributed by atoms with Gasteiger partial charge in [-0.1, -0.05) is 79.2 Å². The third kappa shape index (κ3) is 6.47. The number of nitrogens with zero attached hydrogens (tertiary/aromatic N) is 4. The molecule has 2 amide bonds. The summed E-state index contributed by atoms with van der Waals surface area (Å²) in [6.07, 6.45) is 4.59. The van der Waals surface area contributed by atoms with Crippen molar-refractivity contribution in [2.24, 2.45) is 7.05 Å². The van der Waals surface area contributed by atoms with Gasteiger partial charge in [0.05, 0.1) is 5.56 Å². The molecule has 1 fully saturated rings. The van der Waals surface area contributed by atoms with Crippen LogP contribution in [-0.4, -0.2) is 81.2 Å². The van der Waals surface area contributed by atoms with Gasteiger partial charge in [-0.05, 0) is 108 Å². The van der Waals surface area contributed by atoms with Gasteiger partial charge in [0, 0.05) is 67.7 Å². The third-order valence-corrected chi connectivity index (χ3v) is 12.8. The summed E-state index contributed by atoms with van der Waals surface area (Å²) in [7, 11) is 1.86. The van der Waals surface area contributed by atoms with Crippen molar-refractivity contribution in [3.8, 4) is 22.4 Å². The summed E-state index contributed by atoms with van der Waals surface area (Å²) >= 11 is 0. The number of hydrogen-bond acceptors (Lipinski definition) is 5. The Balaban J connectivity index is 1.04. The van der Waals surface area contributed by atoms with Crippen LogP contribution in [0.5, 0.6) is 0 Å². The Morgan fingerprint density at radius 1 is 0.732 bits per heavy atom. The average molecular weight is 749 g/mol. The Morgan fingerprint density at radius 3 is 2.11 bits per heavy atom. The molecule has 286 valence electrons. The Bertz CT molecular complexity index is 2310. The van der Waals surface area contributed by atoms with Crippen molar-refractivity contribution in [2.75, 3.05) is 32.8 Å². The van der Waals surface area contributed by atoms with Crippen molar-refractivity contribution in [3.63, 3.8) is 0 Å². The van der Waals surface area contributed by atoms with E-state index in [9.17, 15) is 14.7 Å². The first-order valence-electron chi connectivity index (χ1n) is 20.0. The molecule has 3 aliphatic heterocycles. The number of carboxylic acids is 1. The van der Waals surface area contributed by atoms with E-state index >= 15 is 4.79 Å². The van der Waals surface area contributed by atoms with Crippen LogP contribution in [0.2, 0.25) is 0 Å². The number of ether oxygens (including phenoxy) is 1. The highest BCUT2D eigenvalue weighted by Crippen LogP contribution is 2.45. The van der Waals surface area contributed by atoms with Gasteiger partial charge in [0.25, 0.3) is 5.91 Å². The second kappa shape index (κ2) is 14.8. The molecule has 1 N–H and O–H groups in total. The molecule has 9 rings (SSSR count). The number of carbonyl (C=O) groups excluding carboxylic acids is 2. The molecule has 0 radical (unpaired) electrons. The maximum Gasteiger partial charge on any atom is 0.410 e. The molecule has 9 heteroatoms. The van der Waals surface area contributed by atoms with Crippen molar-refractivity contribution in [1.29, 1.82) is 0 Å². The SMILES string of the molecule is Cc1c(C(=O)O)cc(-c2cc3c(cc2C(=O)N2Cc4ccccc4C[C@H]2CN2CCCCC2)CN(C(=O)OCC2c4ccccc4-c4ccccc42)CC3)n1C. The third-order valence-electron chi connectivity index (χ3n) is 12.8. The molecule has 0 saturated carbocycles. The molecular weight excluding hydrogens is 701 g/mol. The van der Waals surface area contributed by atoms with E-state index < -0.39 is 5.97 Å². The van der Waals surface area contributed by atoms with Gasteiger partial charge in [0.2, 0.25) is 0 Å². The number of rotatable bonds is 7. The summed E-state index contributed by atoms with van der Waals surface area (Å²) in [6, 6.07) is 30.8. The maximum atomic E-state index is 15.2. The number of hydrogen-bond donors (Lipinski definition) is 1. The lowest BCUT2D eigenvalue weighted by Crippen LogP contribution is -2.51. The van der Waals surface area contributed by atoms with Crippen LogP contribution in [0.4, 0.5) is 4.79 Å². The molecule has 4 heterocycles. The summed E-state index contributed by atoms with van der Waals surface area (Å²) < 4.78 is 7.96. The predicted octanol–water partition coefficient (Wildman–Crippen LogP) is 8.06. The number of carbonyl (C=O) groups is 3. The number of carboxylic acid groups (broad SMARTS) is 1. The Hall–Kier alpha value is -5.67. The van der Waals surface area contributed by atoms with E-state index in [1.54, 1.807) is 17.9 Å².